The van der Waals surface area contributed by atoms with Crippen LogP contribution >= 0.6 is 0 Å². The fourth-order valence-electron chi connectivity index (χ4n) is 3.47. The predicted molar refractivity (Wildman–Crippen MR) is 74.4 cm³/mol. The van der Waals surface area contributed by atoms with E-state index < -0.39 is 0 Å². The quantitative estimate of drug-likeness (QED) is 0.837. The van der Waals surface area contributed by atoms with Crippen molar-refractivity contribution in [2.75, 3.05) is 13.1 Å². The van der Waals surface area contributed by atoms with Crippen molar-refractivity contribution in [1.29, 1.82) is 0 Å². The molecule has 0 aromatic carbocycles. The molecule has 1 amide bonds. The summed E-state index contributed by atoms with van der Waals surface area (Å²) in [7, 11) is 0. The van der Waals surface area contributed by atoms with Crippen LogP contribution in [0.4, 0.5) is 0 Å². The third-order valence-electron chi connectivity index (χ3n) is 4.95. The van der Waals surface area contributed by atoms with E-state index in [4.69, 9.17) is 0 Å². The molecule has 1 aliphatic carbocycles. The van der Waals surface area contributed by atoms with Gasteiger partial charge in [0.05, 0.1) is 0 Å². The maximum absolute atomic E-state index is 12.9. The SMILES string of the molecule is CCC1CN(C(=O)C2(C)CCCC2)C(CC)CN1. The normalized spacial score (nSPS) is 31.6. The fraction of sp³-hybridized carbons (Fsp3) is 0.933. The smallest absolute Gasteiger partial charge is 0.228 e. The van der Waals surface area contributed by atoms with E-state index in [1.807, 2.05) is 0 Å². The Morgan fingerprint density at radius 2 is 1.94 bits per heavy atom. The van der Waals surface area contributed by atoms with Crippen LogP contribution in [0.2, 0.25) is 0 Å². The number of carbonyl (C=O) groups is 1. The summed E-state index contributed by atoms with van der Waals surface area (Å²) in [4.78, 5) is 15.0. The number of carbonyl (C=O) groups excluding carboxylic acids is 1. The van der Waals surface area contributed by atoms with E-state index in [2.05, 4.69) is 31.0 Å². The fourth-order valence-corrected chi connectivity index (χ4v) is 3.47. The minimum atomic E-state index is -0.0664. The van der Waals surface area contributed by atoms with Crippen molar-refractivity contribution in [3.63, 3.8) is 0 Å². The van der Waals surface area contributed by atoms with Crippen molar-refractivity contribution in [3.05, 3.63) is 0 Å². The van der Waals surface area contributed by atoms with Crippen molar-refractivity contribution in [2.45, 2.75) is 71.4 Å². The number of rotatable bonds is 3. The van der Waals surface area contributed by atoms with Crippen LogP contribution in [0.1, 0.15) is 59.3 Å². The first-order chi connectivity index (χ1) is 8.60. The van der Waals surface area contributed by atoms with Gasteiger partial charge in [-0.25, -0.2) is 0 Å². The highest BCUT2D eigenvalue weighted by atomic mass is 16.2. The van der Waals surface area contributed by atoms with Crippen LogP contribution in [-0.2, 0) is 4.79 Å². The first-order valence-corrected chi connectivity index (χ1v) is 7.65. The molecule has 1 aliphatic heterocycles. The zero-order valence-corrected chi connectivity index (χ0v) is 12.2. The maximum Gasteiger partial charge on any atom is 0.228 e. The largest absolute Gasteiger partial charge is 0.336 e. The van der Waals surface area contributed by atoms with Crippen LogP contribution in [0, 0.1) is 5.41 Å². The molecular formula is C15H28N2O. The molecule has 2 unspecified atom stereocenters. The van der Waals surface area contributed by atoms with Crippen LogP contribution in [-0.4, -0.2) is 36.0 Å². The molecule has 18 heavy (non-hydrogen) atoms. The molecule has 1 saturated carbocycles. The number of hydrogen-bond acceptors (Lipinski definition) is 2. The van der Waals surface area contributed by atoms with E-state index in [1.54, 1.807) is 0 Å². The summed E-state index contributed by atoms with van der Waals surface area (Å²) in [5, 5.41) is 3.56. The summed E-state index contributed by atoms with van der Waals surface area (Å²) in [5.41, 5.74) is -0.0664. The standard InChI is InChI=1S/C15H28N2O/c1-4-12-11-17(13(5-2)10-16-12)14(18)15(3)8-6-7-9-15/h12-13,16H,4-11H2,1-3H3. The monoisotopic (exact) mass is 252 g/mol. The zero-order chi connectivity index (χ0) is 13.2. The van der Waals surface area contributed by atoms with Crippen LogP contribution in [0.15, 0.2) is 0 Å². The first-order valence-electron chi connectivity index (χ1n) is 7.65. The van der Waals surface area contributed by atoms with Gasteiger partial charge in [-0.2, -0.15) is 0 Å². The lowest BCUT2D eigenvalue weighted by molar-refractivity contribution is -0.145. The molecule has 1 saturated heterocycles. The van der Waals surface area contributed by atoms with Crippen molar-refractivity contribution in [2.24, 2.45) is 5.41 Å². The van der Waals surface area contributed by atoms with Crippen molar-refractivity contribution in [1.82, 2.24) is 10.2 Å². The number of nitrogens with one attached hydrogen (secondary N) is 1. The summed E-state index contributed by atoms with van der Waals surface area (Å²) >= 11 is 0. The number of hydrogen-bond donors (Lipinski definition) is 1. The lowest BCUT2D eigenvalue weighted by atomic mass is 9.85. The Morgan fingerprint density at radius 1 is 1.28 bits per heavy atom. The van der Waals surface area contributed by atoms with Gasteiger partial charge in [0.2, 0.25) is 5.91 Å². The highest BCUT2D eigenvalue weighted by Crippen LogP contribution is 2.40. The van der Waals surface area contributed by atoms with Gasteiger partial charge in [0.25, 0.3) is 0 Å². The van der Waals surface area contributed by atoms with Gasteiger partial charge in [0.15, 0.2) is 0 Å². The second kappa shape index (κ2) is 5.60. The average molecular weight is 252 g/mol. The molecule has 3 heteroatoms. The number of piperazine rings is 1. The Kier molecular flexibility index (Phi) is 4.31. The molecule has 1 N–H and O–H groups in total. The third-order valence-corrected chi connectivity index (χ3v) is 4.95. The third kappa shape index (κ3) is 2.56. The molecule has 0 aromatic rings. The zero-order valence-electron chi connectivity index (χ0n) is 12.2. The van der Waals surface area contributed by atoms with Gasteiger partial charge in [0, 0.05) is 30.6 Å². The second-order valence-corrected chi connectivity index (χ2v) is 6.30. The molecule has 2 atom stereocenters. The molecule has 3 nitrogen and oxygen atoms in total. The van der Waals surface area contributed by atoms with Crippen LogP contribution in [0.25, 0.3) is 0 Å². The van der Waals surface area contributed by atoms with Crippen molar-refractivity contribution in [3.8, 4) is 0 Å². The molecule has 0 bridgehead atoms. The number of nitrogens with zero attached hydrogens (tertiary/aromatic N) is 1. The van der Waals surface area contributed by atoms with Crippen LogP contribution < -0.4 is 5.32 Å². The summed E-state index contributed by atoms with van der Waals surface area (Å²) in [6.45, 7) is 8.44. The van der Waals surface area contributed by atoms with E-state index >= 15 is 0 Å². The van der Waals surface area contributed by atoms with Crippen LogP contribution in [0.3, 0.4) is 0 Å². The molecule has 0 radical (unpaired) electrons. The molecule has 0 aromatic heterocycles. The molecule has 2 rings (SSSR count). The van der Waals surface area contributed by atoms with E-state index in [-0.39, 0.29) is 5.41 Å². The lowest BCUT2D eigenvalue weighted by Crippen LogP contribution is -2.60. The molecule has 0 spiro atoms. The summed E-state index contributed by atoms with van der Waals surface area (Å²) in [5.74, 6) is 0.423. The van der Waals surface area contributed by atoms with Gasteiger partial charge >= 0.3 is 0 Å². The molecular weight excluding hydrogens is 224 g/mol. The maximum atomic E-state index is 12.9. The predicted octanol–water partition coefficient (Wildman–Crippen LogP) is 2.56. The van der Waals surface area contributed by atoms with Gasteiger partial charge in [-0.15, -0.1) is 0 Å². The van der Waals surface area contributed by atoms with E-state index in [0.29, 0.717) is 18.0 Å². The minimum absolute atomic E-state index is 0.0664. The Morgan fingerprint density at radius 3 is 2.50 bits per heavy atom. The highest BCUT2D eigenvalue weighted by molar-refractivity contribution is 5.83. The summed E-state index contributed by atoms with van der Waals surface area (Å²) in [6, 6.07) is 0.888. The Labute approximate surface area is 111 Å². The Bertz CT molecular complexity index is 297. The molecule has 1 heterocycles. The molecule has 2 aliphatic rings. The van der Waals surface area contributed by atoms with E-state index in [1.165, 1.54) is 12.8 Å². The first kappa shape index (κ1) is 13.9. The van der Waals surface area contributed by atoms with Crippen molar-refractivity contribution < 1.29 is 4.79 Å². The van der Waals surface area contributed by atoms with Gasteiger partial charge in [-0.05, 0) is 25.7 Å². The lowest BCUT2D eigenvalue weighted by Gasteiger charge is -2.43. The summed E-state index contributed by atoms with van der Waals surface area (Å²) < 4.78 is 0. The van der Waals surface area contributed by atoms with Gasteiger partial charge < -0.3 is 10.2 Å². The molecule has 2 fully saturated rings. The second-order valence-electron chi connectivity index (χ2n) is 6.30. The number of amides is 1. The van der Waals surface area contributed by atoms with Gasteiger partial charge in [-0.3, -0.25) is 4.79 Å². The van der Waals surface area contributed by atoms with Gasteiger partial charge in [0.1, 0.15) is 0 Å². The summed E-state index contributed by atoms with van der Waals surface area (Å²) in [6.07, 6.45) is 6.79. The topological polar surface area (TPSA) is 32.3 Å². The van der Waals surface area contributed by atoms with E-state index in [0.717, 1.165) is 38.8 Å². The van der Waals surface area contributed by atoms with E-state index in [9.17, 15) is 4.79 Å². The highest BCUT2D eigenvalue weighted by Gasteiger charge is 2.42. The Balaban J connectivity index is 2.09. The average Bonchev–Trinajstić information content (AvgIpc) is 2.85. The van der Waals surface area contributed by atoms with Crippen LogP contribution in [0.5, 0.6) is 0 Å². The Hall–Kier alpha value is -0.570. The molecule has 104 valence electrons. The van der Waals surface area contributed by atoms with Crippen molar-refractivity contribution >= 4 is 5.91 Å². The minimum Gasteiger partial charge on any atom is -0.336 e. The van der Waals surface area contributed by atoms with Gasteiger partial charge in [-0.1, -0.05) is 33.6 Å².